The molecule has 0 bridgehead atoms. The van der Waals surface area contributed by atoms with E-state index in [0.717, 1.165) is 41.7 Å². The fourth-order valence-corrected chi connectivity index (χ4v) is 4.80. The van der Waals surface area contributed by atoms with Crippen molar-refractivity contribution in [1.82, 2.24) is 9.62 Å². The summed E-state index contributed by atoms with van der Waals surface area (Å²) in [6.45, 7) is 3.18. The van der Waals surface area contributed by atoms with E-state index in [9.17, 15) is 0 Å². The minimum absolute atomic E-state index is 0.462. The first kappa shape index (κ1) is 19.5. The van der Waals surface area contributed by atoms with Crippen LogP contribution in [0.25, 0.3) is 0 Å². The number of thioether (sulfide) groups is 1. The first-order valence-electron chi connectivity index (χ1n) is 9.43. The Morgan fingerprint density at radius 3 is 2.70 bits per heavy atom. The van der Waals surface area contributed by atoms with E-state index in [0.29, 0.717) is 12.1 Å². The average molecular weight is 421 g/mol. The SMILES string of the molecule is CSc1ccc(Cl)c(SNC2CCN(Cc3ccc(OC4CC4)cc3)C2)c1. The number of nitrogens with one attached hydrogen (secondary N) is 1. The van der Waals surface area contributed by atoms with E-state index in [4.69, 9.17) is 16.3 Å². The lowest BCUT2D eigenvalue weighted by atomic mass is 10.2. The van der Waals surface area contributed by atoms with Gasteiger partial charge in [0.25, 0.3) is 0 Å². The van der Waals surface area contributed by atoms with E-state index in [2.05, 4.69) is 52.3 Å². The standard InChI is InChI=1S/C21H25ClN2OS2/c1-26-19-8-9-20(22)21(12-19)27-23-16-10-11-24(14-16)13-15-2-4-17(5-3-15)25-18-6-7-18/h2-5,8-9,12,16,18,23H,6-7,10-11,13-14H2,1H3. The Kier molecular flexibility index (Phi) is 6.56. The number of likely N-dealkylation sites (tertiary alicyclic amines) is 1. The zero-order chi connectivity index (χ0) is 18.6. The molecule has 1 aliphatic heterocycles. The Hall–Kier alpha value is -0.850. The molecule has 2 aromatic rings. The average Bonchev–Trinajstić information content (AvgIpc) is 3.39. The zero-order valence-electron chi connectivity index (χ0n) is 15.5. The van der Waals surface area contributed by atoms with Crippen molar-refractivity contribution in [2.75, 3.05) is 19.3 Å². The van der Waals surface area contributed by atoms with Crippen LogP contribution in [-0.2, 0) is 6.54 Å². The molecule has 0 radical (unpaired) electrons. The number of rotatable bonds is 8. The fraction of sp³-hybridized carbons (Fsp3) is 0.429. The molecule has 3 nitrogen and oxygen atoms in total. The van der Waals surface area contributed by atoms with Gasteiger partial charge in [0.05, 0.1) is 11.1 Å². The topological polar surface area (TPSA) is 24.5 Å². The highest BCUT2D eigenvalue weighted by Gasteiger charge is 2.24. The summed E-state index contributed by atoms with van der Waals surface area (Å²) in [5.41, 5.74) is 1.35. The number of hydrogen-bond acceptors (Lipinski definition) is 5. The highest BCUT2D eigenvalue weighted by molar-refractivity contribution is 7.99. The van der Waals surface area contributed by atoms with Crippen molar-refractivity contribution in [1.29, 1.82) is 0 Å². The molecule has 0 amide bonds. The lowest BCUT2D eigenvalue weighted by Gasteiger charge is -2.17. The predicted molar refractivity (Wildman–Crippen MR) is 116 cm³/mol. The maximum Gasteiger partial charge on any atom is 0.119 e. The van der Waals surface area contributed by atoms with Crippen LogP contribution in [-0.4, -0.2) is 36.4 Å². The molecule has 1 N–H and O–H groups in total. The third-order valence-corrected chi connectivity index (χ3v) is 7.08. The molecular weight excluding hydrogens is 396 g/mol. The largest absolute Gasteiger partial charge is 0.490 e. The number of hydrogen-bond donors (Lipinski definition) is 1. The molecule has 1 unspecified atom stereocenters. The zero-order valence-corrected chi connectivity index (χ0v) is 17.9. The summed E-state index contributed by atoms with van der Waals surface area (Å²) in [6.07, 6.45) is 6.12. The van der Waals surface area contributed by atoms with Crippen molar-refractivity contribution in [2.24, 2.45) is 0 Å². The van der Waals surface area contributed by atoms with Crippen molar-refractivity contribution >= 4 is 35.3 Å². The van der Waals surface area contributed by atoms with E-state index in [1.807, 2.05) is 6.07 Å². The van der Waals surface area contributed by atoms with Crippen LogP contribution in [0.5, 0.6) is 5.75 Å². The Morgan fingerprint density at radius 1 is 1.15 bits per heavy atom. The van der Waals surface area contributed by atoms with Gasteiger partial charge < -0.3 is 4.74 Å². The van der Waals surface area contributed by atoms with E-state index < -0.39 is 0 Å². The van der Waals surface area contributed by atoms with Gasteiger partial charge in [-0.25, -0.2) is 0 Å². The summed E-state index contributed by atoms with van der Waals surface area (Å²) >= 11 is 9.73. The molecule has 1 saturated heterocycles. The first-order chi connectivity index (χ1) is 13.2. The van der Waals surface area contributed by atoms with Gasteiger partial charge in [-0.2, -0.15) is 0 Å². The van der Waals surface area contributed by atoms with Gasteiger partial charge in [0.15, 0.2) is 0 Å². The Bertz CT molecular complexity index is 767. The minimum atomic E-state index is 0.462. The van der Waals surface area contributed by atoms with E-state index >= 15 is 0 Å². The summed E-state index contributed by atoms with van der Waals surface area (Å²) in [4.78, 5) is 4.86. The van der Waals surface area contributed by atoms with E-state index in [-0.39, 0.29) is 0 Å². The third kappa shape index (κ3) is 5.58. The van der Waals surface area contributed by atoms with Crippen LogP contribution < -0.4 is 9.46 Å². The van der Waals surface area contributed by atoms with Crippen LogP contribution in [0.15, 0.2) is 52.3 Å². The lowest BCUT2D eigenvalue weighted by Crippen LogP contribution is -2.28. The molecule has 1 heterocycles. The molecule has 4 rings (SSSR count). The van der Waals surface area contributed by atoms with Gasteiger partial charge in [0, 0.05) is 35.5 Å². The van der Waals surface area contributed by atoms with Crippen LogP contribution in [0.3, 0.4) is 0 Å². The number of halogens is 1. The number of nitrogens with zero attached hydrogens (tertiary/aromatic N) is 1. The maximum atomic E-state index is 6.33. The molecule has 144 valence electrons. The molecular formula is C21H25ClN2OS2. The maximum absolute atomic E-state index is 6.33. The molecule has 27 heavy (non-hydrogen) atoms. The number of ether oxygens (including phenoxy) is 1. The molecule has 1 saturated carbocycles. The van der Waals surface area contributed by atoms with Gasteiger partial charge in [0.1, 0.15) is 5.75 Å². The second-order valence-electron chi connectivity index (χ2n) is 7.20. The minimum Gasteiger partial charge on any atom is -0.490 e. The van der Waals surface area contributed by atoms with Crippen LogP contribution in [0.1, 0.15) is 24.8 Å². The van der Waals surface area contributed by atoms with Gasteiger partial charge >= 0.3 is 0 Å². The molecule has 1 aliphatic carbocycles. The van der Waals surface area contributed by atoms with Crippen molar-refractivity contribution in [2.45, 2.75) is 47.7 Å². The lowest BCUT2D eigenvalue weighted by molar-refractivity contribution is 0.302. The predicted octanol–water partition coefficient (Wildman–Crippen LogP) is 5.47. The summed E-state index contributed by atoms with van der Waals surface area (Å²) in [5, 5.41) is 0.814. The van der Waals surface area contributed by atoms with E-state index in [1.165, 1.54) is 23.3 Å². The van der Waals surface area contributed by atoms with Gasteiger partial charge in [-0.05, 0) is 73.4 Å². The summed E-state index contributed by atoms with van der Waals surface area (Å²) in [6, 6.07) is 15.3. The van der Waals surface area contributed by atoms with Crippen LogP contribution >= 0.6 is 35.3 Å². The van der Waals surface area contributed by atoms with Crippen molar-refractivity contribution in [3.8, 4) is 5.75 Å². The highest BCUT2D eigenvalue weighted by atomic mass is 35.5. The third-order valence-electron chi connectivity index (χ3n) is 4.90. The Balaban J connectivity index is 1.25. The van der Waals surface area contributed by atoms with Gasteiger partial charge in [0.2, 0.25) is 0 Å². The molecule has 6 heteroatoms. The monoisotopic (exact) mass is 420 g/mol. The van der Waals surface area contributed by atoms with Crippen molar-refractivity contribution in [3.05, 3.63) is 53.1 Å². The molecule has 2 aliphatic rings. The summed E-state index contributed by atoms with van der Waals surface area (Å²) < 4.78 is 9.43. The second-order valence-corrected chi connectivity index (χ2v) is 9.36. The Labute approximate surface area is 175 Å². The fourth-order valence-electron chi connectivity index (χ4n) is 3.22. The molecule has 1 atom stereocenters. The quantitative estimate of drug-likeness (QED) is 0.450. The van der Waals surface area contributed by atoms with Gasteiger partial charge in [-0.15, -0.1) is 11.8 Å². The van der Waals surface area contributed by atoms with Crippen LogP contribution in [0.4, 0.5) is 0 Å². The van der Waals surface area contributed by atoms with Crippen molar-refractivity contribution in [3.63, 3.8) is 0 Å². The van der Waals surface area contributed by atoms with Crippen LogP contribution in [0, 0.1) is 0 Å². The first-order valence-corrected chi connectivity index (χ1v) is 11.9. The summed E-state index contributed by atoms with van der Waals surface area (Å²) in [5.74, 6) is 1.00. The molecule has 0 spiro atoms. The summed E-state index contributed by atoms with van der Waals surface area (Å²) in [7, 11) is 0. The second kappa shape index (κ2) is 9.10. The Morgan fingerprint density at radius 2 is 1.96 bits per heavy atom. The molecule has 2 fully saturated rings. The van der Waals surface area contributed by atoms with Crippen molar-refractivity contribution < 1.29 is 4.74 Å². The smallest absolute Gasteiger partial charge is 0.119 e. The molecule has 2 aromatic carbocycles. The normalized spacial score (nSPS) is 20.1. The van der Waals surface area contributed by atoms with Gasteiger partial charge in [-0.3, -0.25) is 9.62 Å². The van der Waals surface area contributed by atoms with Crippen LogP contribution in [0.2, 0.25) is 5.02 Å². The van der Waals surface area contributed by atoms with Gasteiger partial charge in [-0.1, -0.05) is 23.7 Å². The highest BCUT2D eigenvalue weighted by Crippen LogP contribution is 2.31. The number of benzene rings is 2. The molecule has 0 aromatic heterocycles. The van der Waals surface area contributed by atoms with E-state index in [1.54, 1.807) is 23.7 Å².